The predicted octanol–water partition coefficient (Wildman–Crippen LogP) is 2.35. The van der Waals surface area contributed by atoms with Crippen LogP contribution in [0.15, 0.2) is 16.8 Å². The van der Waals surface area contributed by atoms with Crippen LogP contribution < -0.4 is 0 Å². The van der Waals surface area contributed by atoms with E-state index in [-0.39, 0.29) is 0 Å². The first kappa shape index (κ1) is 14.0. The Labute approximate surface area is 118 Å². The van der Waals surface area contributed by atoms with Gasteiger partial charge in [0.2, 0.25) is 5.82 Å². The molecule has 1 aliphatic heterocycles. The Morgan fingerprint density at radius 3 is 2.86 bits per heavy atom. The molecule has 0 aromatic carbocycles. The zero-order chi connectivity index (χ0) is 15.0. The van der Waals surface area contributed by atoms with E-state index >= 15 is 0 Å². The van der Waals surface area contributed by atoms with Crippen LogP contribution in [0.4, 0.5) is 13.2 Å². The minimum atomic E-state index is -4.51. The highest BCUT2D eigenvalue weighted by Gasteiger charge is 2.35. The molecule has 0 radical (unpaired) electrons. The van der Waals surface area contributed by atoms with E-state index in [0.717, 1.165) is 17.8 Å². The second-order valence-electron chi connectivity index (χ2n) is 5.05. The van der Waals surface area contributed by atoms with Gasteiger partial charge in [-0.2, -0.15) is 13.2 Å². The minimum absolute atomic E-state index is 0.354. The van der Waals surface area contributed by atoms with Gasteiger partial charge in [-0.3, -0.25) is 4.90 Å². The van der Waals surface area contributed by atoms with Crippen LogP contribution in [0.1, 0.15) is 28.5 Å². The normalized spacial score (nSPS) is 16.0. The van der Waals surface area contributed by atoms with Crippen LogP contribution in [0.3, 0.4) is 0 Å². The molecular weight excluding hydrogens is 285 g/mol. The van der Waals surface area contributed by atoms with Gasteiger partial charge in [0.05, 0.1) is 11.4 Å². The van der Waals surface area contributed by atoms with Gasteiger partial charge in [0, 0.05) is 31.9 Å². The molecule has 112 valence electrons. The summed E-state index contributed by atoms with van der Waals surface area (Å²) in [6.45, 7) is 3.41. The van der Waals surface area contributed by atoms with E-state index in [1.54, 1.807) is 6.92 Å². The van der Waals surface area contributed by atoms with Crippen molar-refractivity contribution in [3.05, 3.63) is 40.8 Å². The van der Waals surface area contributed by atoms with E-state index in [1.165, 1.54) is 6.20 Å². The summed E-state index contributed by atoms with van der Waals surface area (Å²) in [6.07, 6.45) is -2.60. The molecular formula is C13H13F3N4O. The van der Waals surface area contributed by atoms with Crippen LogP contribution in [-0.2, 0) is 25.7 Å². The molecule has 0 aliphatic carbocycles. The van der Waals surface area contributed by atoms with Gasteiger partial charge in [-0.15, -0.1) is 0 Å². The summed E-state index contributed by atoms with van der Waals surface area (Å²) in [5.74, 6) is -0.371. The third kappa shape index (κ3) is 3.05. The highest BCUT2D eigenvalue weighted by Crippen LogP contribution is 2.28. The molecule has 8 heteroatoms. The molecule has 5 nitrogen and oxygen atoms in total. The lowest BCUT2D eigenvalue weighted by Gasteiger charge is -2.27. The predicted molar refractivity (Wildman–Crippen MR) is 66.1 cm³/mol. The molecule has 2 aromatic heterocycles. The Bertz CT molecular complexity index is 653. The Kier molecular flexibility index (Phi) is 3.40. The number of rotatable bonds is 2. The summed E-state index contributed by atoms with van der Waals surface area (Å²) in [5.41, 5.74) is 1.97. The van der Waals surface area contributed by atoms with Gasteiger partial charge < -0.3 is 4.52 Å². The molecule has 0 N–H and O–H groups in total. The summed E-state index contributed by atoms with van der Waals surface area (Å²) in [5, 5.41) is 3.89. The molecule has 0 bridgehead atoms. The van der Waals surface area contributed by atoms with Crippen molar-refractivity contribution in [2.45, 2.75) is 32.6 Å². The Hall–Kier alpha value is -1.96. The van der Waals surface area contributed by atoms with Crippen LogP contribution >= 0.6 is 0 Å². The van der Waals surface area contributed by atoms with E-state index in [1.807, 2.05) is 11.0 Å². The second kappa shape index (κ2) is 5.10. The first-order valence-corrected chi connectivity index (χ1v) is 6.48. The van der Waals surface area contributed by atoms with Gasteiger partial charge in [-0.25, -0.2) is 9.97 Å². The Balaban J connectivity index is 1.77. The van der Waals surface area contributed by atoms with Crippen molar-refractivity contribution in [1.29, 1.82) is 0 Å². The topological polar surface area (TPSA) is 55.1 Å². The van der Waals surface area contributed by atoms with Crippen LogP contribution in [0, 0.1) is 6.92 Å². The number of alkyl halides is 3. The average Bonchev–Trinajstić information content (AvgIpc) is 2.82. The number of hydrogen-bond acceptors (Lipinski definition) is 5. The molecule has 0 saturated carbocycles. The van der Waals surface area contributed by atoms with Gasteiger partial charge in [0.25, 0.3) is 0 Å². The van der Waals surface area contributed by atoms with Crippen molar-refractivity contribution in [2.24, 2.45) is 0 Å². The van der Waals surface area contributed by atoms with Gasteiger partial charge in [0.15, 0.2) is 0 Å². The van der Waals surface area contributed by atoms with Crippen LogP contribution in [0.5, 0.6) is 0 Å². The first-order valence-electron chi connectivity index (χ1n) is 6.48. The third-order valence-electron chi connectivity index (χ3n) is 3.34. The maximum atomic E-state index is 12.6. The molecule has 0 spiro atoms. The lowest BCUT2D eigenvalue weighted by Crippen LogP contribution is -2.31. The molecule has 21 heavy (non-hydrogen) atoms. The fraction of sp³-hybridized carbons (Fsp3) is 0.462. The SMILES string of the molecule is Cc1cc(CN2CCc3cnc(C(F)(F)F)nc3C2)no1. The van der Waals surface area contributed by atoms with E-state index < -0.39 is 12.0 Å². The quantitative estimate of drug-likeness (QED) is 0.852. The summed E-state index contributed by atoms with van der Waals surface area (Å²) in [6, 6.07) is 1.82. The summed E-state index contributed by atoms with van der Waals surface area (Å²) in [4.78, 5) is 9.05. The van der Waals surface area contributed by atoms with Crippen LogP contribution in [0.25, 0.3) is 0 Å². The Morgan fingerprint density at radius 2 is 2.19 bits per heavy atom. The number of fused-ring (bicyclic) bond motifs is 1. The van der Waals surface area contributed by atoms with Crippen molar-refractivity contribution in [3.8, 4) is 0 Å². The smallest absolute Gasteiger partial charge is 0.361 e. The molecule has 1 aliphatic rings. The van der Waals surface area contributed by atoms with Crippen LogP contribution in [-0.4, -0.2) is 26.6 Å². The van der Waals surface area contributed by atoms with Crippen molar-refractivity contribution in [2.75, 3.05) is 6.54 Å². The first-order chi connectivity index (χ1) is 9.91. The minimum Gasteiger partial charge on any atom is -0.361 e. The molecule has 0 unspecified atom stereocenters. The van der Waals surface area contributed by atoms with E-state index in [9.17, 15) is 13.2 Å². The summed E-state index contributed by atoms with van der Waals surface area (Å²) < 4.78 is 42.9. The maximum Gasteiger partial charge on any atom is 0.451 e. The molecule has 0 amide bonds. The third-order valence-corrected chi connectivity index (χ3v) is 3.34. The van der Waals surface area contributed by atoms with Crippen molar-refractivity contribution in [1.82, 2.24) is 20.0 Å². The van der Waals surface area contributed by atoms with E-state index in [4.69, 9.17) is 4.52 Å². The lowest BCUT2D eigenvalue weighted by atomic mass is 10.1. The van der Waals surface area contributed by atoms with E-state index in [0.29, 0.717) is 31.0 Å². The standard InChI is InChI=1S/C13H13F3N4O/c1-8-4-10(19-21-8)6-20-3-2-9-5-17-12(13(14,15)16)18-11(9)7-20/h4-5H,2-3,6-7H2,1H3. The summed E-state index contributed by atoms with van der Waals surface area (Å²) in [7, 11) is 0. The lowest BCUT2D eigenvalue weighted by molar-refractivity contribution is -0.145. The highest BCUT2D eigenvalue weighted by molar-refractivity contribution is 5.21. The molecule has 2 aromatic rings. The van der Waals surface area contributed by atoms with Crippen LogP contribution in [0.2, 0.25) is 0 Å². The maximum absolute atomic E-state index is 12.6. The van der Waals surface area contributed by atoms with Gasteiger partial charge in [-0.1, -0.05) is 5.16 Å². The van der Waals surface area contributed by atoms with Crippen molar-refractivity contribution < 1.29 is 17.7 Å². The molecule has 0 saturated heterocycles. The average molecular weight is 298 g/mol. The molecule has 3 rings (SSSR count). The number of aromatic nitrogens is 3. The van der Waals surface area contributed by atoms with Gasteiger partial charge >= 0.3 is 6.18 Å². The largest absolute Gasteiger partial charge is 0.451 e. The fourth-order valence-electron chi connectivity index (χ4n) is 2.35. The van der Waals surface area contributed by atoms with E-state index in [2.05, 4.69) is 15.1 Å². The van der Waals surface area contributed by atoms with Crippen molar-refractivity contribution in [3.63, 3.8) is 0 Å². The molecule has 0 fully saturated rings. The zero-order valence-electron chi connectivity index (χ0n) is 11.3. The fourth-order valence-corrected chi connectivity index (χ4v) is 2.35. The monoisotopic (exact) mass is 298 g/mol. The number of nitrogens with zero attached hydrogens (tertiary/aromatic N) is 4. The highest BCUT2D eigenvalue weighted by atomic mass is 19.4. The van der Waals surface area contributed by atoms with Crippen molar-refractivity contribution >= 4 is 0 Å². The zero-order valence-corrected chi connectivity index (χ0v) is 11.3. The Morgan fingerprint density at radius 1 is 1.38 bits per heavy atom. The number of aryl methyl sites for hydroxylation is 1. The van der Waals surface area contributed by atoms with Gasteiger partial charge in [-0.05, 0) is 18.9 Å². The molecule has 0 atom stereocenters. The summed E-state index contributed by atoms with van der Waals surface area (Å²) >= 11 is 0. The number of hydrogen-bond donors (Lipinski definition) is 0. The molecule has 3 heterocycles. The van der Waals surface area contributed by atoms with Gasteiger partial charge in [0.1, 0.15) is 5.76 Å². The number of halogens is 3. The second-order valence-corrected chi connectivity index (χ2v) is 5.05.